The molecule has 0 N–H and O–H groups in total. The zero-order valence-corrected chi connectivity index (χ0v) is 19.7. The van der Waals surface area contributed by atoms with E-state index < -0.39 is 22.6 Å². The molecule has 2 heteroatoms. The first kappa shape index (κ1) is 16.5. The Balaban J connectivity index is 1.98. The van der Waals surface area contributed by atoms with E-state index in [0.29, 0.717) is 7.35 Å². The van der Waals surface area contributed by atoms with Gasteiger partial charge in [-0.2, -0.15) is 0 Å². The van der Waals surface area contributed by atoms with Crippen LogP contribution in [0.15, 0.2) is 60.7 Å². The summed E-state index contributed by atoms with van der Waals surface area (Å²) in [6.07, 6.45) is 9.90. The number of allylic oxidation sites excluding steroid dienone is 2. The summed E-state index contributed by atoms with van der Waals surface area (Å²) in [6, 6.07) is 18.2. The maximum atomic E-state index is 2.76. The van der Waals surface area contributed by atoms with Gasteiger partial charge < -0.3 is 0 Å². The van der Waals surface area contributed by atoms with Crippen molar-refractivity contribution in [1.82, 2.24) is 0 Å². The second-order valence-corrected chi connectivity index (χ2v) is 57.5. The molecule has 4 rings (SSSR count). The van der Waals surface area contributed by atoms with Crippen LogP contribution in [0.3, 0.4) is 0 Å². The summed E-state index contributed by atoms with van der Waals surface area (Å²) in [7, 11) is 0. The number of hydrogen-bond donors (Lipinski definition) is 0. The van der Waals surface area contributed by atoms with Gasteiger partial charge in [-0.1, -0.05) is 0 Å². The summed E-state index contributed by atoms with van der Waals surface area (Å²) >= 11 is -3.28. The topological polar surface area (TPSA) is 0 Å². The fourth-order valence-corrected chi connectivity index (χ4v) is 38.7. The van der Waals surface area contributed by atoms with Gasteiger partial charge in [0, 0.05) is 0 Å². The van der Waals surface area contributed by atoms with E-state index in [2.05, 4.69) is 95.3 Å². The predicted molar refractivity (Wildman–Crippen MR) is 106 cm³/mol. The summed E-state index contributed by atoms with van der Waals surface area (Å²) in [4.78, 5) is 0. The number of benzene rings is 2. The van der Waals surface area contributed by atoms with Crippen LogP contribution >= 0.6 is 0 Å². The van der Waals surface area contributed by atoms with Crippen molar-refractivity contribution in [3.8, 4) is 0 Å². The quantitative estimate of drug-likeness (QED) is 0.413. The molecule has 2 aromatic rings. The van der Waals surface area contributed by atoms with E-state index in [-0.39, 0.29) is 0 Å². The maximum absolute atomic E-state index is 3.28. The molecule has 0 nitrogen and oxygen atoms in total. The molecule has 0 bridgehead atoms. The van der Waals surface area contributed by atoms with E-state index >= 15 is 0 Å². The van der Waals surface area contributed by atoms with Gasteiger partial charge in [0.25, 0.3) is 0 Å². The summed E-state index contributed by atoms with van der Waals surface area (Å²) < 4.78 is 6.89. The number of hydrogen-bond acceptors (Lipinski definition) is 0. The summed E-state index contributed by atoms with van der Waals surface area (Å²) in [5, 5.41) is 0. The van der Waals surface area contributed by atoms with E-state index in [9.17, 15) is 0 Å². The van der Waals surface area contributed by atoms with Crippen molar-refractivity contribution in [2.75, 3.05) is 0 Å². The molecule has 2 atom stereocenters. The molecule has 2 aliphatic rings. The predicted octanol–water partition coefficient (Wildman–Crippen LogP) is 6.56. The fourth-order valence-electron chi connectivity index (χ4n) is 4.86. The molecule has 0 aromatic heterocycles. The molecule has 0 fully saturated rings. The Kier molecular flexibility index (Phi) is 3.78. The van der Waals surface area contributed by atoms with Crippen LogP contribution in [-0.2, 0) is 17.1 Å². The first-order chi connectivity index (χ1) is 11.4. The van der Waals surface area contributed by atoms with Crippen molar-refractivity contribution in [2.24, 2.45) is 0 Å². The van der Waals surface area contributed by atoms with Gasteiger partial charge in [0.15, 0.2) is 0 Å². The molecular weight excluding hydrogens is 471 g/mol. The van der Waals surface area contributed by atoms with Crippen molar-refractivity contribution in [1.29, 1.82) is 0 Å². The van der Waals surface area contributed by atoms with E-state index in [1.165, 1.54) is 11.1 Å². The molecule has 2 aliphatic carbocycles. The number of rotatable bonds is 2. The second-order valence-electron chi connectivity index (χ2n) is 8.54. The van der Waals surface area contributed by atoms with Crippen LogP contribution in [0, 0.1) is 0 Å². The Hall–Kier alpha value is -0.993. The third-order valence-corrected chi connectivity index (χ3v) is 66.7. The standard InChI is InChI=1S/2C9H7.C2H6Si.2CH3.Hf/c2*1-2-5-9-7-3-6-8(9)4-1;1-3-2;;;/h2*1-7H;1-2H3;2*1H3;. The van der Waals surface area contributed by atoms with Crippen LogP contribution in [-0.4, -0.2) is 5.49 Å². The molecule has 0 spiro atoms. The minimum atomic E-state index is -3.28. The van der Waals surface area contributed by atoms with Gasteiger partial charge in [0.05, 0.1) is 0 Å². The van der Waals surface area contributed by atoms with Crippen molar-refractivity contribution in [2.45, 2.75) is 29.8 Å². The zero-order chi connectivity index (χ0) is 17.0. The first-order valence-corrected chi connectivity index (χ1v) is 28.2. The SMILES string of the molecule is C[Si](C)=[Hf]([CH3])([CH3])([CH]1C=Cc2ccccc21)[CH]1C=Cc2ccccc21. The summed E-state index contributed by atoms with van der Waals surface area (Å²) in [5.41, 5.74) is 5.70. The average molecular weight is 497 g/mol. The van der Waals surface area contributed by atoms with E-state index in [1.807, 2.05) is 0 Å². The van der Waals surface area contributed by atoms with E-state index in [1.54, 1.807) is 11.1 Å². The third kappa shape index (κ3) is 2.12. The van der Waals surface area contributed by atoms with E-state index in [4.69, 9.17) is 0 Å². The second kappa shape index (κ2) is 5.50. The monoisotopic (exact) mass is 498 g/mol. The molecular formula is C22H26HfSi. The molecule has 0 heterocycles. The molecule has 0 amide bonds. The van der Waals surface area contributed by atoms with Gasteiger partial charge >= 0.3 is 148 Å². The average Bonchev–Trinajstić information content (AvgIpc) is 3.20. The molecule has 2 aromatic carbocycles. The van der Waals surface area contributed by atoms with Gasteiger partial charge in [-0.05, 0) is 0 Å². The van der Waals surface area contributed by atoms with Gasteiger partial charge in [0.2, 0.25) is 0 Å². The third-order valence-electron chi connectivity index (χ3n) is 7.09. The van der Waals surface area contributed by atoms with Crippen molar-refractivity contribution in [3.05, 3.63) is 82.9 Å². The molecule has 0 aliphatic heterocycles. The molecule has 0 saturated heterocycles. The minimum absolute atomic E-state index is 0.402. The van der Waals surface area contributed by atoms with Crippen LogP contribution in [0.1, 0.15) is 29.6 Å². The van der Waals surface area contributed by atoms with Crippen LogP contribution < -0.4 is 0 Å². The molecule has 0 saturated carbocycles. The molecule has 122 valence electrons. The first-order valence-electron chi connectivity index (χ1n) is 8.97. The van der Waals surface area contributed by atoms with Gasteiger partial charge in [-0.15, -0.1) is 0 Å². The van der Waals surface area contributed by atoms with Crippen molar-refractivity contribution >= 4 is 17.6 Å². The Bertz CT molecular complexity index is 884. The zero-order valence-electron chi connectivity index (χ0n) is 15.1. The number of fused-ring (bicyclic) bond motifs is 2. The summed E-state index contributed by atoms with van der Waals surface area (Å²) in [6.45, 7) is 5.17. The normalized spacial score (nSPS) is 21.7. The van der Waals surface area contributed by atoms with Crippen LogP contribution in [0.4, 0.5) is 0 Å². The Morgan fingerprint density at radius 2 is 1.12 bits per heavy atom. The Morgan fingerprint density at radius 1 is 0.708 bits per heavy atom. The Labute approximate surface area is 147 Å². The fraction of sp³-hybridized carbons (Fsp3) is 0.273. The van der Waals surface area contributed by atoms with Gasteiger partial charge in [-0.25, -0.2) is 0 Å². The van der Waals surface area contributed by atoms with Crippen LogP contribution in [0.25, 0.3) is 12.2 Å². The summed E-state index contributed by atoms with van der Waals surface area (Å²) in [5.74, 6) is 0. The van der Waals surface area contributed by atoms with Crippen molar-refractivity contribution < 1.29 is 17.1 Å². The van der Waals surface area contributed by atoms with Gasteiger partial charge in [-0.3, -0.25) is 0 Å². The van der Waals surface area contributed by atoms with Crippen LogP contribution in [0.5, 0.6) is 0 Å². The van der Waals surface area contributed by atoms with Crippen LogP contribution in [0.2, 0.25) is 22.5 Å². The van der Waals surface area contributed by atoms with Gasteiger partial charge in [0.1, 0.15) is 0 Å². The van der Waals surface area contributed by atoms with Crippen molar-refractivity contribution in [3.63, 3.8) is 0 Å². The van der Waals surface area contributed by atoms with E-state index in [0.717, 1.165) is 0 Å². The molecule has 0 radical (unpaired) electrons. The Morgan fingerprint density at radius 3 is 1.54 bits per heavy atom. The molecule has 24 heavy (non-hydrogen) atoms. The molecule has 2 unspecified atom stereocenters.